The van der Waals surface area contributed by atoms with Gasteiger partial charge in [0, 0.05) is 6.61 Å². The molecule has 3 heteroatoms. The van der Waals surface area contributed by atoms with Gasteiger partial charge in [0.25, 0.3) is 0 Å². The van der Waals surface area contributed by atoms with Crippen molar-refractivity contribution in [3.05, 3.63) is 0 Å². The quantitative estimate of drug-likeness (QED) is 0.339. The minimum atomic E-state index is 0.215. The molecule has 0 aromatic heterocycles. The molecule has 0 aliphatic carbocycles. The lowest BCUT2D eigenvalue weighted by molar-refractivity contribution is -0.274. The van der Waals surface area contributed by atoms with Gasteiger partial charge in [-0.15, -0.1) is 0 Å². The van der Waals surface area contributed by atoms with Crippen molar-refractivity contribution >= 4 is 0 Å². The van der Waals surface area contributed by atoms with Crippen LogP contribution in [0.4, 0.5) is 0 Å². The molecule has 0 aromatic rings. The van der Waals surface area contributed by atoms with Crippen LogP contribution < -0.4 is 0 Å². The molecule has 1 unspecified atom stereocenters. The first kappa shape index (κ1) is 8.88. The minimum Gasteiger partial charge on any atom is -0.396 e. The maximum Gasteiger partial charge on any atom is 0.0825 e. The molecule has 0 heterocycles. The van der Waals surface area contributed by atoms with Gasteiger partial charge in [0.15, 0.2) is 0 Å². The van der Waals surface area contributed by atoms with E-state index in [-0.39, 0.29) is 6.61 Å². The maximum absolute atomic E-state index is 8.54. The lowest BCUT2D eigenvalue weighted by Crippen LogP contribution is -2.04. The summed E-state index contributed by atoms with van der Waals surface area (Å²) in [7, 11) is 1.48. The molecular weight excluding hydrogens is 120 g/mol. The van der Waals surface area contributed by atoms with Crippen molar-refractivity contribution in [3.8, 4) is 0 Å². The Labute approximate surface area is 55.5 Å². The van der Waals surface area contributed by atoms with E-state index in [1.807, 2.05) is 6.92 Å². The molecule has 1 N–H and O–H groups in total. The van der Waals surface area contributed by atoms with E-state index >= 15 is 0 Å². The van der Waals surface area contributed by atoms with E-state index in [1.54, 1.807) is 0 Å². The van der Waals surface area contributed by atoms with Crippen molar-refractivity contribution in [1.82, 2.24) is 0 Å². The minimum absolute atomic E-state index is 0.215. The Morgan fingerprint density at radius 2 is 2.22 bits per heavy atom. The van der Waals surface area contributed by atoms with Gasteiger partial charge in [0.1, 0.15) is 0 Å². The van der Waals surface area contributed by atoms with Gasteiger partial charge in [0.05, 0.1) is 13.7 Å². The third kappa shape index (κ3) is 5.76. The zero-order valence-electron chi connectivity index (χ0n) is 5.96. The number of rotatable bonds is 5. The molecule has 1 atom stereocenters. The van der Waals surface area contributed by atoms with Crippen molar-refractivity contribution in [2.75, 3.05) is 20.3 Å². The molecule has 0 aliphatic rings. The molecule has 9 heavy (non-hydrogen) atoms. The van der Waals surface area contributed by atoms with Gasteiger partial charge in [0.2, 0.25) is 0 Å². The van der Waals surface area contributed by atoms with E-state index in [0.29, 0.717) is 12.5 Å². The van der Waals surface area contributed by atoms with Gasteiger partial charge in [-0.3, -0.25) is 0 Å². The molecule has 0 radical (unpaired) electrons. The second-order valence-electron chi connectivity index (χ2n) is 2.07. The van der Waals surface area contributed by atoms with Crippen LogP contribution in [0.15, 0.2) is 0 Å². The molecule has 0 fully saturated rings. The van der Waals surface area contributed by atoms with Gasteiger partial charge >= 0.3 is 0 Å². The molecule has 0 aromatic carbocycles. The average molecular weight is 134 g/mol. The normalized spacial score (nSPS) is 13.7. The van der Waals surface area contributed by atoms with Crippen molar-refractivity contribution in [3.63, 3.8) is 0 Å². The summed E-state index contributed by atoms with van der Waals surface area (Å²) in [6, 6.07) is 0. The molecule has 3 nitrogen and oxygen atoms in total. The fraction of sp³-hybridized carbons (Fsp3) is 1.00. The third-order valence-corrected chi connectivity index (χ3v) is 1.12. The van der Waals surface area contributed by atoms with Crippen LogP contribution >= 0.6 is 0 Å². The summed E-state index contributed by atoms with van der Waals surface area (Å²) in [5.74, 6) is 0.306. The van der Waals surface area contributed by atoms with Gasteiger partial charge in [-0.05, 0) is 12.3 Å². The van der Waals surface area contributed by atoms with E-state index < -0.39 is 0 Å². The summed E-state index contributed by atoms with van der Waals surface area (Å²) in [6.45, 7) is 2.73. The molecular formula is C6H14O3. The summed E-state index contributed by atoms with van der Waals surface area (Å²) in [5, 5.41) is 8.54. The Morgan fingerprint density at radius 1 is 1.56 bits per heavy atom. The van der Waals surface area contributed by atoms with Crippen LogP contribution in [0, 0.1) is 5.92 Å². The zero-order valence-corrected chi connectivity index (χ0v) is 5.96. The lowest BCUT2D eigenvalue weighted by atomic mass is 10.1. The van der Waals surface area contributed by atoms with Crippen LogP contribution in [0.3, 0.4) is 0 Å². The largest absolute Gasteiger partial charge is 0.396 e. The Bertz CT molecular complexity index is 56.3. The van der Waals surface area contributed by atoms with Crippen LogP contribution in [-0.4, -0.2) is 25.4 Å². The zero-order chi connectivity index (χ0) is 7.11. The highest BCUT2D eigenvalue weighted by molar-refractivity contribution is 4.46. The first-order chi connectivity index (χ1) is 4.31. The SMILES string of the molecule is COOCCC(C)CO. The Hall–Kier alpha value is -0.120. The Kier molecular flexibility index (Phi) is 5.93. The van der Waals surface area contributed by atoms with Crippen LogP contribution in [-0.2, 0) is 9.78 Å². The molecule has 56 valence electrons. The maximum atomic E-state index is 8.54. The second kappa shape index (κ2) is 6.01. The molecule has 0 amide bonds. The summed E-state index contributed by atoms with van der Waals surface area (Å²) in [5.41, 5.74) is 0. The van der Waals surface area contributed by atoms with Gasteiger partial charge < -0.3 is 5.11 Å². The first-order valence-electron chi connectivity index (χ1n) is 3.07. The van der Waals surface area contributed by atoms with Crippen LogP contribution in [0.1, 0.15) is 13.3 Å². The Morgan fingerprint density at radius 3 is 2.67 bits per heavy atom. The number of aliphatic hydroxyl groups is 1. The predicted octanol–water partition coefficient (Wildman–Crippen LogP) is 0.583. The van der Waals surface area contributed by atoms with E-state index in [2.05, 4.69) is 9.78 Å². The van der Waals surface area contributed by atoms with Crippen molar-refractivity contribution in [2.45, 2.75) is 13.3 Å². The van der Waals surface area contributed by atoms with Gasteiger partial charge in [-0.2, -0.15) is 0 Å². The highest BCUT2D eigenvalue weighted by Crippen LogP contribution is 1.98. The average Bonchev–Trinajstić information content (AvgIpc) is 1.89. The molecule has 0 saturated heterocycles. The van der Waals surface area contributed by atoms with Gasteiger partial charge in [-0.1, -0.05) is 6.92 Å². The Balaban J connectivity index is 2.88. The summed E-state index contributed by atoms with van der Waals surface area (Å²) in [6.07, 6.45) is 0.838. The number of hydrogen-bond acceptors (Lipinski definition) is 3. The molecule has 0 rings (SSSR count). The van der Waals surface area contributed by atoms with Gasteiger partial charge in [-0.25, -0.2) is 9.78 Å². The molecule has 0 bridgehead atoms. The van der Waals surface area contributed by atoms with E-state index in [0.717, 1.165) is 6.42 Å². The topological polar surface area (TPSA) is 38.7 Å². The molecule has 0 saturated carbocycles. The van der Waals surface area contributed by atoms with Crippen molar-refractivity contribution in [1.29, 1.82) is 0 Å². The third-order valence-electron chi connectivity index (χ3n) is 1.12. The lowest BCUT2D eigenvalue weighted by Gasteiger charge is -2.04. The fourth-order valence-corrected chi connectivity index (χ4v) is 0.424. The monoisotopic (exact) mass is 134 g/mol. The molecule has 0 spiro atoms. The summed E-state index contributed by atoms with van der Waals surface area (Å²) in [4.78, 5) is 8.95. The second-order valence-corrected chi connectivity index (χ2v) is 2.07. The number of aliphatic hydroxyl groups excluding tert-OH is 1. The summed E-state index contributed by atoms with van der Waals surface area (Å²) >= 11 is 0. The standard InChI is InChI=1S/C6H14O3/c1-6(5-7)3-4-9-8-2/h6-7H,3-5H2,1-2H3. The van der Waals surface area contributed by atoms with E-state index in [1.165, 1.54) is 7.11 Å². The first-order valence-corrected chi connectivity index (χ1v) is 3.07. The highest BCUT2D eigenvalue weighted by atomic mass is 17.2. The smallest absolute Gasteiger partial charge is 0.0825 e. The predicted molar refractivity (Wildman–Crippen MR) is 33.8 cm³/mol. The highest BCUT2D eigenvalue weighted by Gasteiger charge is 1.97. The van der Waals surface area contributed by atoms with E-state index in [4.69, 9.17) is 5.11 Å². The van der Waals surface area contributed by atoms with Crippen molar-refractivity contribution in [2.24, 2.45) is 5.92 Å². The summed E-state index contributed by atoms with van der Waals surface area (Å²) < 4.78 is 0. The van der Waals surface area contributed by atoms with Crippen LogP contribution in [0.2, 0.25) is 0 Å². The van der Waals surface area contributed by atoms with Crippen LogP contribution in [0.5, 0.6) is 0 Å². The molecule has 0 aliphatic heterocycles. The van der Waals surface area contributed by atoms with Crippen molar-refractivity contribution < 1.29 is 14.9 Å². The fourth-order valence-electron chi connectivity index (χ4n) is 0.424. The van der Waals surface area contributed by atoms with E-state index in [9.17, 15) is 0 Å². The van der Waals surface area contributed by atoms with Crippen LogP contribution in [0.25, 0.3) is 0 Å². The number of hydrogen-bond donors (Lipinski definition) is 1.